The monoisotopic (exact) mass is 1040 g/mol. The van der Waals surface area contributed by atoms with Crippen LogP contribution in [0.15, 0.2) is 48.5 Å². The topological polar surface area (TPSA) is 240 Å². The Labute approximate surface area is 431 Å². The molecule has 2 unspecified atom stereocenters. The molecule has 0 saturated carbocycles. The second-order valence-corrected chi connectivity index (χ2v) is 21.8. The summed E-state index contributed by atoms with van der Waals surface area (Å²) in [5, 5.41) is 16.3. The number of hydrogen-bond acceptors (Lipinski definition) is 12. The van der Waals surface area contributed by atoms with E-state index in [1.807, 2.05) is 41.5 Å². The summed E-state index contributed by atoms with van der Waals surface area (Å²) in [6.45, 7) is 13.8. The fourth-order valence-corrected chi connectivity index (χ4v) is 10.1. The number of hydrogen-bond donors (Lipinski definition) is 6. The minimum Gasteiger partial charge on any atom is -0.369 e. The summed E-state index contributed by atoms with van der Waals surface area (Å²) in [7, 11) is 3.28. The third-order valence-electron chi connectivity index (χ3n) is 14.6. The standard InChI is InChI=1S/C52H74F2N10O10/c1-29(55-9)45(67)59-43(51(3,4)5)49(71)61-21-19-35-41(61)37(73-27-31-11-15-33(53)16-12-31)25-63(35)39(65)23-57-47(69)48(70)58-24-40(66)64-26-38(74-28-32-13-17-34(54)18-14-32)42-36(64)20-22-62(42)50(72)44(52(6,7)8)60-46(68)30(2)56-10/h11-18,29-30,35-38,41-44,55-56H,19-28H2,1-10H3,(H,57,69)(H,58,70)(H,59,67)(H,60,68)/t29-,30-,35+,36+,37-,38-,41-,42-,43?,44?/m0/s1. The molecular weight excluding hydrogens is 963 g/mol. The molecule has 4 fully saturated rings. The van der Waals surface area contributed by atoms with Gasteiger partial charge in [0, 0.05) is 26.2 Å². The molecule has 22 heteroatoms. The highest BCUT2D eigenvalue weighted by atomic mass is 19.1. The van der Waals surface area contributed by atoms with E-state index in [-0.39, 0.29) is 63.0 Å². The van der Waals surface area contributed by atoms with Crippen molar-refractivity contribution in [1.29, 1.82) is 0 Å². The number of carbonyl (C=O) groups excluding carboxylic acids is 8. The van der Waals surface area contributed by atoms with E-state index >= 15 is 0 Å². The predicted molar refractivity (Wildman–Crippen MR) is 267 cm³/mol. The van der Waals surface area contributed by atoms with Gasteiger partial charge in [0.05, 0.1) is 74.8 Å². The smallest absolute Gasteiger partial charge is 0.309 e. The zero-order valence-corrected chi connectivity index (χ0v) is 44.1. The van der Waals surface area contributed by atoms with Crippen molar-refractivity contribution in [3.63, 3.8) is 0 Å². The number of halogens is 2. The summed E-state index contributed by atoms with van der Waals surface area (Å²) in [5.74, 6) is -5.72. The quantitative estimate of drug-likeness (QED) is 0.113. The van der Waals surface area contributed by atoms with Gasteiger partial charge in [-0.2, -0.15) is 0 Å². The van der Waals surface area contributed by atoms with Crippen LogP contribution in [0.2, 0.25) is 0 Å². The number of amides is 8. The van der Waals surface area contributed by atoms with E-state index in [2.05, 4.69) is 31.9 Å². The average molecular weight is 1040 g/mol. The predicted octanol–water partition coefficient (Wildman–Crippen LogP) is 0.569. The van der Waals surface area contributed by atoms with Crippen molar-refractivity contribution < 1.29 is 56.6 Å². The second kappa shape index (κ2) is 24.1. The molecule has 0 radical (unpaired) electrons. The van der Waals surface area contributed by atoms with Gasteiger partial charge in [-0.15, -0.1) is 0 Å². The second-order valence-electron chi connectivity index (χ2n) is 21.8. The average Bonchev–Trinajstić information content (AvgIpc) is 4.16. The molecule has 406 valence electrons. The van der Waals surface area contributed by atoms with Crippen molar-refractivity contribution in [2.75, 3.05) is 53.4 Å². The Morgan fingerprint density at radius 1 is 0.568 bits per heavy atom. The lowest BCUT2D eigenvalue weighted by Crippen LogP contribution is -2.59. The molecule has 4 aliphatic heterocycles. The molecule has 0 aromatic heterocycles. The van der Waals surface area contributed by atoms with Crippen LogP contribution in [0.4, 0.5) is 8.78 Å². The number of fused-ring (bicyclic) bond motifs is 2. The van der Waals surface area contributed by atoms with Crippen LogP contribution in [0.3, 0.4) is 0 Å². The summed E-state index contributed by atoms with van der Waals surface area (Å²) < 4.78 is 40.2. The van der Waals surface area contributed by atoms with Crippen LogP contribution in [-0.2, 0) is 61.0 Å². The lowest BCUT2D eigenvalue weighted by Gasteiger charge is -2.37. The summed E-state index contributed by atoms with van der Waals surface area (Å²) in [5.41, 5.74) is -0.0835. The van der Waals surface area contributed by atoms with E-state index in [4.69, 9.17) is 9.47 Å². The molecule has 10 atom stereocenters. The van der Waals surface area contributed by atoms with E-state index in [0.717, 1.165) is 0 Å². The number of benzene rings is 2. The molecule has 6 rings (SSSR count). The van der Waals surface area contributed by atoms with Crippen molar-refractivity contribution in [2.45, 2.75) is 142 Å². The number of nitrogens with one attached hydrogen (secondary N) is 6. The molecule has 4 saturated heterocycles. The Balaban J connectivity index is 1.10. The highest BCUT2D eigenvalue weighted by Gasteiger charge is 2.56. The van der Waals surface area contributed by atoms with Crippen LogP contribution < -0.4 is 31.9 Å². The maximum Gasteiger partial charge on any atom is 0.309 e. The third kappa shape index (κ3) is 13.4. The van der Waals surface area contributed by atoms with Crippen molar-refractivity contribution in [3.8, 4) is 0 Å². The molecule has 0 spiro atoms. The fraction of sp³-hybridized carbons (Fsp3) is 0.615. The normalized spacial score (nSPS) is 23.1. The molecule has 0 bridgehead atoms. The number of likely N-dealkylation sites (tertiary alicyclic amines) is 4. The molecular formula is C52H74F2N10O10. The minimum atomic E-state index is -1.17. The van der Waals surface area contributed by atoms with Crippen molar-refractivity contribution in [3.05, 3.63) is 71.3 Å². The first-order valence-electron chi connectivity index (χ1n) is 25.3. The summed E-state index contributed by atoms with van der Waals surface area (Å²) in [6, 6.07) is 6.10. The maximum atomic E-state index is 14.4. The number of nitrogens with zero attached hydrogens (tertiary/aromatic N) is 4. The van der Waals surface area contributed by atoms with Crippen LogP contribution in [-0.4, -0.2) is 181 Å². The molecule has 2 aromatic rings. The summed E-state index contributed by atoms with van der Waals surface area (Å²) in [4.78, 5) is 116. The SMILES string of the molecule is CN[C@@H](C)C(=O)NC(C(=O)N1CC[C@@H]2[C@H]1[C@@H](OCc1ccc(F)cc1)CN2C(=O)CNC(=O)C(=O)NCC(=O)N1C[C@H](OCc2ccc(F)cc2)[C@@H]2[C@H]1CCN2C(=O)C(NC(=O)[C@H](C)NC)C(C)(C)C)C(C)(C)C. The van der Waals surface area contributed by atoms with Gasteiger partial charge in [0.25, 0.3) is 0 Å². The fourth-order valence-electron chi connectivity index (χ4n) is 10.1. The molecule has 6 N–H and O–H groups in total. The third-order valence-corrected chi connectivity index (χ3v) is 14.6. The zero-order chi connectivity index (χ0) is 54.4. The number of rotatable bonds is 18. The summed E-state index contributed by atoms with van der Waals surface area (Å²) >= 11 is 0. The van der Waals surface area contributed by atoms with Crippen molar-refractivity contribution in [2.24, 2.45) is 10.8 Å². The Bertz CT molecular complexity index is 2220. The van der Waals surface area contributed by atoms with Crippen molar-refractivity contribution in [1.82, 2.24) is 51.5 Å². The van der Waals surface area contributed by atoms with Crippen LogP contribution in [0.5, 0.6) is 0 Å². The Morgan fingerprint density at radius 2 is 0.905 bits per heavy atom. The van der Waals surface area contributed by atoms with Gasteiger partial charge in [0.2, 0.25) is 35.4 Å². The molecule has 74 heavy (non-hydrogen) atoms. The molecule has 0 aliphatic carbocycles. The Morgan fingerprint density at radius 3 is 1.22 bits per heavy atom. The van der Waals surface area contributed by atoms with E-state index in [0.29, 0.717) is 24.0 Å². The van der Waals surface area contributed by atoms with Gasteiger partial charge < -0.3 is 61.0 Å². The van der Waals surface area contributed by atoms with E-state index in [1.165, 1.54) is 34.1 Å². The first-order chi connectivity index (χ1) is 34.8. The van der Waals surface area contributed by atoms with Gasteiger partial charge >= 0.3 is 11.8 Å². The van der Waals surface area contributed by atoms with E-state index in [9.17, 15) is 47.1 Å². The molecule has 8 amide bonds. The zero-order valence-electron chi connectivity index (χ0n) is 44.1. The van der Waals surface area contributed by atoms with E-state index in [1.54, 1.807) is 62.0 Å². The van der Waals surface area contributed by atoms with Gasteiger partial charge in [-0.3, -0.25) is 38.4 Å². The van der Waals surface area contributed by atoms with E-state index < -0.39 is 120 Å². The molecule has 2 aromatic carbocycles. The van der Waals surface area contributed by atoms with Crippen LogP contribution in [0.25, 0.3) is 0 Å². The molecule has 4 aliphatic rings. The highest BCUT2D eigenvalue weighted by molar-refractivity contribution is 6.35. The summed E-state index contributed by atoms with van der Waals surface area (Å²) in [6.07, 6.45) is -0.707. The minimum absolute atomic E-state index is 0.0235. The number of likely N-dealkylation sites (N-methyl/N-ethyl adjacent to an activating group) is 2. The van der Waals surface area contributed by atoms with Crippen LogP contribution in [0.1, 0.15) is 79.4 Å². The Hall–Kier alpha value is -6.10. The Kier molecular flexibility index (Phi) is 18.6. The van der Waals surface area contributed by atoms with Crippen molar-refractivity contribution >= 4 is 47.3 Å². The molecule has 4 heterocycles. The van der Waals surface area contributed by atoms with Crippen LogP contribution in [0, 0.1) is 22.5 Å². The molecule has 20 nitrogen and oxygen atoms in total. The van der Waals surface area contributed by atoms with Gasteiger partial charge in [-0.25, -0.2) is 8.78 Å². The van der Waals surface area contributed by atoms with Crippen LogP contribution >= 0.6 is 0 Å². The van der Waals surface area contributed by atoms with Gasteiger partial charge in [0.15, 0.2) is 0 Å². The highest BCUT2D eigenvalue weighted by Crippen LogP contribution is 2.38. The lowest BCUT2D eigenvalue weighted by atomic mass is 9.85. The number of ether oxygens (including phenoxy) is 2. The first-order valence-corrected chi connectivity index (χ1v) is 25.3. The van der Waals surface area contributed by atoms with Gasteiger partial charge in [0.1, 0.15) is 23.7 Å². The number of carbonyl (C=O) groups is 8. The van der Waals surface area contributed by atoms with Gasteiger partial charge in [-0.05, 0) is 87.0 Å². The van der Waals surface area contributed by atoms with Gasteiger partial charge in [-0.1, -0.05) is 65.8 Å². The lowest BCUT2D eigenvalue weighted by molar-refractivity contribution is -0.143. The maximum absolute atomic E-state index is 14.4. The first kappa shape index (κ1) is 57.2. The largest absolute Gasteiger partial charge is 0.369 e.